The van der Waals surface area contributed by atoms with Crippen molar-refractivity contribution in [1.29, 1.82) is 0 Å². The molecule has 4 rings (SSSR count). The number of esters is 1. The lowest BCUT2D eigenvalue weighted by atomic mass is 9.45. The summed E-state index contributed by atoms with van der Waals surface area (Å²) in [6, 6.07) is 0. The number of hydrogen-bond donors (Lipinski definition) is 0. The third-order valence-corrected chi connectivity index (χ3v) is 9.45. The third-order valence-electron chi connectivity index (χ3n) is 9.21. The van der Waals surface area contributed by atoms with E-state index in [-0.39, 0.29) is 30.4 Å². The van der Waals surface area contributed by atoms with Gasteiger partial charge in [0.1, 0.15) is 0 Å². The van der Waals surface area contributed by atoms with E-state index in [9.17, 15) is 19.2 Å². The summed E-state index contributed by atoms with van der Waals surface area (Å²) in [6.45, 7) is 7.19. The maximum absolute atomic E-state index is 17.1. The van der Waals surface area contributed by atoms with Crippen LogP contribution in [-0.2, 0) is 23.9 Å². The topological polar surface area (TPSA) is 77.5 Å². The van der Waals surface area contributed by atoms with Crippen LogP contribution in [0.4, 0.5) is 4.39 Å². The molecule has 180 valence electrons. The van der Waals surface area contributed by atoms with Gasteiger partial charge in [0.05, 0.1) is 5.88 Å². The third kappa shape index (κ3) is 2.95. The number of hydrogen-bond acceptors (Lipinski definition) is 5. The number of carbonyl (C=O) groups is 4. The highest BCUT2D eigenvalue weighted by Crippen LogP contribution is 2.70. The molecule has 0 aromatic carbocycles. The van der Waals surface area contributed by atoms with Crippen molar-refractivity contribution in [3.8, 4) is 0 Å². The molecule has 0 unspecified atom stereocenters. The van der Waals surface area contributed by atoms with Gasteiger partial charge in [-0.3, -0.25) is 19.2 Å². The molecule has 0 heterocycles. The molecule has 0 bridgehead atoms. The lowest BCUT2D eigenvalue weighted by molar-refractivity contribution is -0.201. The molecule has 0 N–H and O–H groups in total. The van der Waals surface area contributed by atoms with Crippen molar-refractivity contribution in [3.05, 3.63) is 23.8 Å². The molecule has 3 saturated carbocycles. The summed E-state index contributed by atoms with van der Waals surface area (Å²) in [4.78, 5) is 51.7. The average molecular weight is 479 g/mol. The molecule has 7 heteroatoms. The van der Waals surface area contributed by atoms with Crippen molar-refractivity contribution >= 4 is 34.9 Å². The first-order valence-corrected chi connectivity index (χ1v) is 12.4. The Hall–Kier alpha value is -1.82. The lowest BCUT2D eigenvalue weighted by Gasteiger charge is -2.59. The number of Topliss-reactive ketones (excluding diaryl/α,β-unsaturated/α-hetero) is 2. The zero-order valence-electron chi connectivity index (χ0n) is 19.7. The van der Waals surface area contributed by atoms with Crippen LogP contribution in [0, 0.1) is 28.6 Å². The molecule has 7 atom stereocenters. The monoisotopic (exact) mass is 478 g/mol. The van der Waals surface area contributed by atoms with Crippen LogP contribution >= 0.6 is 11.6 Å². The van der Waals surface area contributed by atoms with Gasteiger partial charge in [-0.05, 0) is 50.7 Å². The van der Waals surface area contributed by atoms with Crippen LogP contribution in [0.5, 0.6) is 0 Å². The molecule has 0 radical (unpaired) electrons. The molecule has 0 aromatic heterocycles. The number of carbonyl (C=O) groups excluding carboxylic acids is 4. The fraction of sp³-hybridized carbons (Fsp3) is 0.692. The fourth-order valence-electron chi connectivity index (χ4n) is 7.66. The van der Waals surface area contributed by atoms with E-state index in [0.717, 1.165) is 0 Å². The highest BCUT2D eigenvalue weighted by molar-refractivity contribution is 6.29. The first-order chi connectivity index (χ1) is 15.4. The Labute approximate surface area is 199 Å². The van der Waals surface area contributed by atoms with Crippen molar-refractivity contribution in [1.82, 2.24) is 0 Å². The highest BCUT2D eigenvalue weighted by atomic mass is 35.5. The van der Waals surface area contributed by atoms with Crippen LogP contribution in [0.25, 0.3) is 0 Å². The molecule has 0 aliphatic heterocycles. The molecule has 3 fully saturated rings. The van der Waals surface area contributed by atoms with Crippen molar-refractivity contribution in [3.63, 3.8) is 0 Å². The van der Waals surface area contributed by atoms with E-state index in [0.29, 0.717) is 31.3 Å². The second-order valence-corrected chi connectivity index (χ2v) is 11.0. The normalized spacial score (nSPS) is 43.9. The number of rotatable bonds is 5. The number of alkyl halides is 2. The van der Waals surface area contributed by atoms with Gasteiger partial charge in [0.15, 0.2) is 28.6 Å². The Morgan fingerprint density at radius 2 is 1.94 bits per heavy atom. The van der Waals surface area contributed by atoms with E-state index in [2.05, 4.69) is 0 Å². The van der Waals surface area contributed by atoms with Gasteiger partial charge in [-0.15, -0.1) is 11.6 Å². The summed E-state index contributed by atoms with van der Waals surface area (Å²) < 4.78 is 23.1. The predicted molar refractivity (Wildman–Crippen MR) is 121 cm³/mol. The molecule has 4 aliphatic rings. The van der Waals surface area contributed by atoms with E-state index in [4.69, 9.17) is 16.3 Å². The Morgan fingerprint density at radius 1 is 1.24 bits per heavy atom. The maximum atomic E-state index is 17.1. The number of halogens is 2. The summed E-state index contributed by atoms with van der Waals surface area (Å²) in [5.74, 6) is -3.45. The van der Waals surface area contributed by atoms with Crippen molar-refractivity contribution in [2.75, 3.05) is 5.88 Å². The van der Waals surface area contributed by atoms with Gasteiger partial charge < -0.3 is 4.74 Å². The predicted octanol–water partition coefficient (Wildman–Crippen LogP) is 4.70. The summed E-state index contributed by atoms with van der Waals surface area (Å²) >= 11 is 6.02. The Kier molecular flexibility index (Phi) is 5.79. The van der Waals surface area contributed by atoms with Gasteiger partial charge in [0.25, 0.3) is 0 Å². The maximum Gasteiger partial charge on any atom is 0.306 e. The van der Waals surface area contributed by atoms with Gasteiger partial charge >= 0.3 is 5.97 Å². The number of allylic oxidation sites excluding steroid dienone is 4. The van der Waals surface area contributed by atoms with Crippen LogP contribution in [0.3, 0.4) is 0 Å². The van der Waals surface area contributed by atoms with Gasteiger partial charge in [-0.25, -0.2) is 4.39 Å². The molecule has 0 amide bonds. The van der Waals surface area contributed by atoms with Gasteiger partial charge in [0.2, 0.25) is 0 Å². The summed E-state index contributed by atoms with van der Waals surface area (Å²) in [7, 11) is 0. The number of ether oxygens (including phenoxy) is 1. The van der Waals surface area contributed by atoms with Crippen LogP contribution in [-0.4, -0.2) is 40.5 Å². The number of ketones is 3. The minimum atomic E-state index is -2.19. The van der Waals surface area contributed by atoms with E-state index < -0.39 is 51.5 Å². The molecular formula is C26H32ClFO5. The van der Waals surface area contributed by atoms with E-state index in [1.54, 1.807) is 19.9 Å². The standard InChI is InChI=1S/C26H32ClFO5/c1-5-6-22(32)33-26(21(31)14-27)15(2)11-19-18-8-7-16-12-17(29)9-10-23(16,3)25(18,28)20(30)13-24(19,26)4/h9-10,12,15,18-19H,5-8,11,13-14H2,1-4H3/t15-,18+,19-,23-,24+,25+,26+/m1/s1. The van der Waals surface area contributed by atoms with Crippen LogP contribution in [0.1, 0.15) is 66.2 Å². The van der Waals surface area contributed by atoms with Gasteiger partial charge in [-0.1, -0.05) is 32.4 Å². The Bertz CT molecular complexity index is 987. The van der Waals surface area contributed by atoms with Crippen LogP contribution in [0.2, 0.25) is 0 Å². The first-order valence-electron chi connectivity index (χ1n) is 11.9. The van der Waals surface area contributed by atoms with E-state index in [1.807, 2.05) is 13.8 Å². The average Bonchev–Trinajstić information content (AvgIpc) is 2.97. The molecule has 0 saturated heterocycles. The fourth-order valence-corrected chi connectivity index (χ4v) is 7.86. The molecule has 5 nitrogen and oxygen atoms in total. The molecule has 4 aliphatic carbocycles. The van der Waals surface area contributed by atoms with Gasteiger partial charge in [-0.2, -0.15) is 0 Å². The summed E-state index contributed by atoms with van der Waals surface area (Å²) in [6.07, 6.45) is 6.21. The SMILES string of the molecule is CCCC(=O)O[C@]1(C(=O)CCl)[C@H](C)C[C@@H]2[C@@H]3CCC4=CC(=O)C=C[C@@]4(C)[C@@]3(F)C(=O)C[C@@]21C. The zero-order chi connectivity index (χ0) is 24.4. The highest BCUT2D eigenvalue weighted by Gasteiger charge is 2.77. The molecular weight excluding hydrogens is 447 g/mol. The zero-order valence-corrected chi connectivity index (χ0v) is 20.5. The number of fused-ring (bicyclic) bond motifs is 5. The quantitative estimate of drug-likeness (QED) is 0.422. The lowest BCUT2D eigenvalue weighted by Crippen LogP contribution is -2.68. The Balaban J connectivity index is 1.84. The van der Waals surface area contributed by atoms with E-state index >= 15 is 4.39 Å². The van der Waals surface area contributed by atoms with E-state index in [1.165, 1.54) is 12.2 Å². The van der Waals surface area contributed by atoms with Gasteiger partial charge in [0, 0.05) is 35.5 Å². The first kappa shape index (κ1) is 24.3. The molecule has 33 heavy (non-hydrogen) atoms. The van der Waals surface area contributed by atoms with Crippen molar-refractivity contribution < 1.29 is 28.3 Å². The minimum absolute atomic E-state index is 0.153. The Morgan fingerprint density at radius 3 is 2.58 bits per heavy atom. The van der Waals surface area contributed by atoms with Crippen molar-refractivity contribution in [2.24, 2.45) is 28.6 Å². The van der Waals surface area contributed by atoms with Crippen molar-refractivity contribution in [2.45, 2.75) is 77.5 Å². The summed E-state index contributed by atoms with van der Waals surface area (Å²) in [5.41, 5.74) is -5.35. The minimum Gasteiger partial charge on any atom is -0.450 e. The second kappa shape index (κ2) is 7.86. The van der Waals surface area contributed by atoms with Crippen LogP contribution in [0.15, 0.2) is 23.8 Å². The molecule has 0 spiro atoms. The molecule has 0 aromatic rings. The summed E-state index contributed by atoms with van der Waals surface area (Å²) in [5, 5.41) is 0. The second-order valence-electron chi connectivity index (χ2n) is 10.7. The largest absolute Gasteiger partial charge is 0.450 e. The van der Waals surface area contributed by atoms with Crippen LogP contribution < -0.4 is 0 Å². The smallest absolute Gasteiger partial charge is 0.306 e.